The van der Waals surface area contributed by atoms with Gasteiger partial charge in [-0.25, -0.2) is 0 Å². The van der Waals surface area contributed by atoms with Gasteiger partial charge in [0.2, 0.25) is 0 Å². The third-order valence-electron chi connectivity index (χ3n) is 2.54. The summed E-state index contributed by atoms with van der Waals surface area (Å²) in [4.78, 5) is 13.2. The Labute approximate surface area is 116 Å². The van der Waals surface area contributed by atoms with E-state index < -0.39 is 0 Å². The quantitative estimate of drug-likeness (QED) is 0.725. The van der Waals surface area contributed by atoms with Gasteiger partial charge in [-0.3, -0.25) is 4.79 Å². The minimum Gasteiger partial charge on any atom is -0.493 e. The average Bonchev–Trinajstić information content (AvgIpc) is 2.93. The lowest BCUT2D eigenvalue weighted by atomic mass is 10.1. The molecule has 0 saturated heterocycles. The first kappa shape index (κ1) is 13.8. The number of ether oxygens (including phenoxy) is 2. The summed E-state index contributed by atoms with van der Waals surface area (Å²) in [6.07, 6.45) is 0. The molecule has 4 heteroatoms. The fourth-order valence-corrected chi connectivity index (χ4v) is 2.34. The standard InChI is InChI=1S/C15H16O3S/c1-2-18-15-8-4-3-7-13(15)14(16)11-17-10-12-6-5-9-19-12/h3-9H,2,10-11H2,1H3. The van der Waals surface area contributed by atoms with Crippen LogP contribution in [0.25, 0.3) is 0 Å². The summed E-state index contributed by atoms with van der Waals surface area (Å²) >= 11 is 1.62. The molecule has 0 N–H and O–H groups in total. The van der Waals surface area contributed by atoms with Crippen LogP contribution >= 0.6 is 11.3 Å². The molecule has 0 bridgehead atoms. The first-order chi connectivity index (χ1) is 9.31. The highest BCUT2D eigenvalue weighted by molar-refractivity contribution is 7.09. The molecule has 0 unspecified atom stereocenters. The number of thiophene rings is 1. The zero-order valence-electron chi connectivity index (χ0n) is 10.8. The number of ketones is 1. The predicted octanol–water partition coefficient (Wildman–Crippen LogP) is 3.55. The normalized spacial score (nSPS) is 10.4. The van der Waals surface area contributed by atoms with Gasteiger partial charge in [-0.1, -0.05) is 18.2 Å². The van der Waals surface area contributed by atoms with Crippen molar-refractivity contribution < 1.29 is 14.3 Å². The molecule has 1 aromatic carbocycles. The summed E-state index contributed by atoms with van der Waals surface area (Å²) in [5.74, 6) is 0.565. The van der Waals surface area contributed by atoms with E-state index in [1.54, 1.807) is 23.5 Å². The van der Waals surface area contributed by atoms with Crippen molar-refractivity contribution >= 4 is 17.1 Å². The highest BCUT2D eigenvalue weighted by Gasteiger charge is 2.11. The van der Waals surface area contributed by atoms with Crippen molar-refractivity contribution in [2.75, 3.05) is 13.2 Å². The van der Waals surface area contributed by atoms with Crippen molar-refractivity contribution in [3.63, 3.8) is 0 Å². The van der Waals surface area contributed by atoms with Crippen molar-refractivity contribution in [1.29, 1.82) is 0 Å². The Bertz CT molecular complexity index is 520. The lowest BCUT2D eigenvalue weighted by Gasteiger charge is -2.09. The van der Waals surface area contributed by atoms with Crippen LogP contribution in [0.2, 0.25) is 0 Å². The van der Waals surface area contributed by atoms with Gasteiger partial charge < -0.3 is 9.47 Å². The summed E-state index contributed by atoms with van der Waals surface area (Å²) in [6.45, 7) is 2.98. The summed E-state index contributed by atoms with van der Waals surface area (Å²) in [6, 6.07) is 11.2. The molecular weight excluding hydrogens is 260 g/mol. The second-order valence-electron chi connectivity index (χ2n) is 3.92. The predicted molar refractivity (Wildman–Crippen MR) is 75.9 cm³/mol. The maximum absolute atomic E-state index is 12.1. The van der Waals surface area contributed by atoms with Crippen molar-refractivity contribution in [1.82, 2.24) is 0 Å². The van der Waals surface area contributed by atoms with E-state index in [2.05, 4.69) is 0 Å². The second-order valence-corrected chi connectivity index (χ2v) is 4.96. The van der Waals surface area contributed by atoms with Crippen LogP contribution in [-0.2, 0) is 11.3 Å². The third kappa shape index (κ3) is 3.91. The van der Waals surface area contributed by atoms with E-state index in [0.29, 0.717) is 24.5 Å². The van der Waals surface area contributed by atoms with Gasteiger partial charge in [0.1, 0.15) is 12.4 Å². The molecule has 3 nitrogen and oxygen atoms in total. The smallest absolute Gasteiger partial charge is 0.192 e. The molecule has 0 aliphatic carbocycles. The van der Waals surface area contributed by atoms with Crippen LogP contribution in [0.5, 0.6) is 5.75 Å². The lowest BCUT2D eigenvalue weighted by Crippen LogP contribution is -2.10. The Morgan fingerprint density at radius 1 is 1.21 bits per heavy atom. The van der Waals surface area contributed by atoms with Crippen molar-refractivity contribution in [3.05, 3.63) is 52.2 Å². The van der Waals surface area contributed by atoms with Crippen molar-refractivity contribution in [2.45, 2.75) is 13.5 Å². The number of Topliss-reactive ketones (excluding diaryl/α,β-unsaturated/α-hetero) is 1. The van der Waals surface area contributed by atoms with Gasteiger partial charge in [0.25, 0.3) is 0 Å². The van der Waals surface area contributed by atoms with E-state index in [9.17, 15) is 4.79 Å². The van der Waals surface area contributed by atoms with E-state index in [1.165, 1.54) is 0 Å². The van der Waals surface area contributed by atoms with Gasteiger partial charge in [0.15, 0.2) is 5.78 Å². The average molecular weight is 276 g/mol. The summed E-state index contributed by atoms with van der Waals surface area (Å²) < 4.78 is 10.9. The highest BCUT2D eigenvalue weighted by Crippen LogP contribution is 2.19. The molecule has 0 spiro atoms. The van der Waals surface area contributed by atoms with Crippen LogP contribution in [0.3, 0.4) is 0 Å². The summed E-state index contributed by atoms with van der Waals surface area (Å²) in [7, 11) is 0. The van der Waals surface area contributed by atoms with Crippen molar-refractivity contribution in [3.8, 4) is 5.75 Å². The fourth-order valence-electron chi connectivity index (χ4n) is 1.70. The zero-order chi connectivity index (χ0) is 13.5. The maximum atomic E-state index is 12.1. The molecule has 0 amide bonds. The van der Waals surface area contributed by atoms with Crippen LogP contribution in [-0.4, -0.2) is 19.0 Å². The monoisotopic (exact) mass is 276 g/mol. The molecule has 0 atom stereocenters. The molecular formula is C15H16O3S. The summed E-state index contributed by atoms with van der Waals surface area (Å²) in [5.41, 5.74) is 0.579. The zero-order valence-corrected chi connectivity index (χ0v) is 11.6. The number of benzene rings is 1. The number of hydrogen-bond donors (Lipinski definition) is 0. The minimum atomic E-state index is -0.0550. The van der Waals surface area contributed by atoms with Crippen LogP contribution < -0.4 is 4.74 Å². The van der Waals surface area contributed by atoms with E-state index in [-0.39, 0.29) is 12.4 Å². The second kappa shape index (κ2) is 7.07. The maximum Gasteiger partial charge on any atom is 0.192 e. The third-order valence-corrected chi connectivity index (χ3v) is 3.39. The fraction of sp³-hybridized carbons (Fsp3) is 0.267. The largest absolute Gasteiger partial charge is 0.493 e. The molecule has 1 heterocycles. The number of hydrogen-bond acceptors (Lipinski definition) is 4. The Hall–Kier alpha value is -1.65. The van der Waals surface area contributed by atoms with Crippen LogP contribution in [0, 0.1) is 0 Å². The summed E-state index contributed by atoms with van der Waals surface area (Å²) in [5, 5.41) is 1.99. The molecule has 100 valence electrons. The van der Waals surface area contributed by atoms with Gasteiger partial charge in [-0.05, 0) is 30.5 Å². The Kier molecular flexibility index (Phi) is 5.12. The number of para-hydroxylation sites is 1. The first-order valence-corrected chi connectivity index (χ1v) is 7.04. The SMILES string of the molecule is CCOc1ccccc1C(=O)COCc1cccs1. The van der Waals surface area contributed by atoms with Gasteiger partial charge in [0.05, 0.1) is 18.8 Å². The molecule has 2 aromatic rings. The van der Waals surface area contributed by atoms with Gasteiger partial charge in [-0.15, -0.1) is 11.3 Å². The Morgan fingerprint density at radius 3 is 2.79 bits per heavy atom. The van der Waals surface area contributed by atoms with E-state index >= 15 is 0 Å². The Balaban J connectivity index is 1.92. The van der Waals surface area contributed by atoms with Crippen LogP contribution in [0.4, 0.5) is 0 Å². The molecule has 0 aliphatic rings. The highest BCUT2D eigenvalue weighted by atomic mass is 32.1. The van der Waals surface area contributed by atoms with Gasteiger partial charge >= 0.3 is 0 Å². The number of carbonyl (C=O) groups excluding carboxylic acids is 1. The molecule has 0 saturated carbocycles. The van der Waals surface area contributed by atoms with E-state index in [0.717, 1.165) is 4.88 Å². The minimum absolute atomic E-state index is 0.0550. The first-order valence-electron chi connectivity index (χ1n) is 6.16. The molecule has 0 aliphatic heterocycles. The molecule has 19 heavy (non-hydrogen) atoms. The molecule has 0 radical (unpaired) electrons. The lowest BCUT2D eigenvalue weighted by molar-refractivity contribution is 0.0728. The van der Waals surface area contributed by atoms with Crippen LogP contribution in [0.1, 0.15) is 22.2 Å². The van der Waals surface area contributed by atoms with E-state index in [1.807, 2.05) is 36.6 Å². The van der Waals surface area contributed by atoms with Gasteiger partial charge in [-0.2, -0.15) is 0 Å². The topological polar surface area (TPSA) is 35.5 Å². The van der Waals surface area contributed by atoms with Crippen molar-refractivity contribution in [2.24, 2.45) is 0 Å². The Morgan fingerprint density at radius 2 is 2.05 bits per heavy atom. The number of rotatable bonds is 7. The molecule has 0 fully saturated rings. The molecule has 1 aromatic heterocycles. The van der Waals surface area contributed by atoms with Crippen LogP contribution in [0.15, 0.2) is 41.8 Å². The van der Waals surface area contributed by atoms with Gasteiger partial charge in [0, 0.05) is 4.88 Å². The molecule has 2 rings (SSSR count). The van der Waals surface area contributed by atoms with E-state index in [4.69, 9.17) is 9.47 Å². The number of carbonyl (C=O) groups is 1.